The second-order valence-corrected chi connectivity index (χ2v) is 21.1. The minimum atomic E-state index is -2.23. The quantitative estimate of drug-likeness (QED) is 0.137. The molecule has 50 heavy (non-hydrogen) atoms. The minimum Gasteiger partial charge on any atom is -0.490 e. The van der Waals surface area contributed by atoms with Gasteiger partial charge in [0.2, 0.25) is 0 Å². The molecule has 1 amide bonds. The maximum atomic E-state index is 13.7. The molecule has 7 nitrogen and oxygen atoms in total. The summed E-state index contributed by atoms with van der Waals surface area (Å²) in [6.45, 7) is 17.5. The fraction of sp³-hybridized carbons (Fsp3) is 0.512. The van der Waals surface area contributed by atoms with E-state index < -0.39 is 19.9 Å². The number of amides is 1. The number of esters is 1. The number of ether oxygens (including phenoxy) is 3. The first-order valence-electron chi connectivity index (χ1n) is 17.9. The summed E-state index contributed by atoms with van der Waals surface area (Å²) in [5.74, 6) is 0.159. The van der Waals surface area contributed by atoms with Crippen molar-refractivity contribution in [3.05, 3.63) is 88.4 Å². The maximum Gasteiger partial charge on any atom is 0.410 e. The number of hydrogen-bond donors (Lipinski definition) is 0. The topological polar surface area (TPSA) is 74.3 Å². The first kappa shape index (κ1) is 39.5. The van der Waals surface area contributed by atoms with E-state index in [1.165, 1.54) is 13.5 Å². The Kier molecular flexibility index (Phi) is 13.2. The maximum absolute atomic E-state index is 13.7. The largest absolute Gasteiger partial charge is 0.490 e. The number of halogens is 1. The predicted molar refractivity (Wildman–Crippen MR) is 205 cm³/mol. The molecule has 0 unspecified atom stereocenters. The van der Waals surface area contributed by atoms with Gasteiger partial charge in [-0.15, -0.1) is 0 Å². The van der Waals surface area contributed by atoms with Crippen molar-refractivity contribution in [1.82, 2.24) is 4.90 Å². The zero-order valence-electron chi connectivity index (χ0n) is 31.4. The molecular weight excluding hydrogens is 666 g/mol. The van der Waals surface area contributed by atoms with Crippen LogP contribution in [-0.2, 0) is 20.3 Å². The number of nitrogens with zero attached hydrogens (tertiary/aromatic N) is 1. The standard InChI is InChI=1S/C41H56ClNO6Si/c1-40(2,3)48-39(45)43(28-37(32-14-13-15-33(42)26-32)49-50(8,9)41(4,5)6)25-24-29-18-20-30(21-19-29)31-22-23-35(38(44)46-7)36(27-31)47-34-16-11-10-12-17-34/h13-15,18-23,26-27,34,37H,10-12,16-17,24-25,28H2,1-9H3/t37-/m1/s1. The smallest absolute Gasteiger partial charge is 0.410 e. The second-order valence-electron chi connectivity index (χ2n) is 15.9. The Morgan fingerprint density at radius 3 is 2.16 bits per heavy atom. The lowest BCUT2D eigenvalue weighted by atomic mass is 9.97. The number of methoxy groups -OCH3 is 1. The van der Waals surface area contributed by atoms with Crippen molar-refractivity contribution >= 4 is 32.0 Å². The molecular formula is C41H56ClNO6Si. The molecule has 1 aliphatic rings. The highest BCUT2D eigenvalue weighted by Gasteiger charge is 2.40. The molecule has 4 rings (SSSR count). The van der Waals surface area contributed by atoms with Gasteiger partial charge < -0.3 is 23.5 Å². The Bertz CT molecular complexity index is 1590. The SMILES string of the molecule is COC(=O)c1ccc(-c2ccc(CCN(C[C@@H](O[Si](C)(C)C(C)(C)C)c3cccc(Cl)c3)C(=O)OC(C)(C)C)cc2)cc1OC1CCCCC1. The van der Waals surface area contributed by atoms with E-state index in [0.29, 0.717) is 35.8 Å². The van der Waals surface area contributed by atoms with Gasteiger partial charge in [-0.25, -0.2) is 9.59 Å². The van der Waals surface area contributed by atoms with Crippen LogP contribution >= 0.6 is 11.6 Å². The van der Waals surface area contributed by atoms with Gasteiger partial charge in [0.1, 0.15) is 16.9 Å². The summed E-state index contributed by atoms with van der Waals surface area (Å²) in [5.41, 5.74) is 3.77. The van der Waals surface area contributed by atoms with Gasteiger partial charge in [-0.1, -0.05) is 81.3 Å². The van der Waals surface area contributed by atoms with Gasteiger partial charge in [-0.05, 0) is 118 Å². The van der Waals surface area contributed by atoms with Crippen LogP contribution in [0, 0.1) is 0 Å². The first-order valence-corrected chi connectivity index (χ1v) is 21.1. The zero-order valence-corrected chi connectivity index (χ0v) is 33.2. The molecule has 9 heteroatoms. The van der Waals surface area contributed by atoms with Crippen molar-refractivity contribution in [3.8, 4) is 16.9 Å². The number of rotatable bonds is 12. The first-order chi connectivity index (χ1) is 23.5. The van der Waals surface area contributed by atoms with Gasteiger partial charge in [0.05, 0.1) is 25.9 Å². The van der Waals surface area contributed by atoms with E-state index >= 15 is 0 Å². The Hall–Kier alpha value is -3.33. The summed E-state index contributed by atoms with van der Waals surface area (Å²) >= 11 is 6.44. The third kappa shape index (κ3) is 11.1. The molecule has 3 aromatic carbocycles. The van der Waals surface area contributed by atoms with Crippen LogP contribution in [0.3, 0.4) is 0 Å². The lowest BCUT2D eigenvalue weighted by Crippen LogP contribution is -2.46. The van der Waals surface area contributed by atoms with E-state index in [9.17, 15) is 9.59 Å². The molecule has 1 saturated carbocycles. The van der Waals surface area contributed by atoms with E-state index in [1.807, 2.05) is 57.2 Å². The molecule has 0 spiro atoms. The highest BCUT2D eigenvalue weighted by atomic mass is 35.5. The predicted octanol–water partition coefficient (Wildman–Crippen LogP) is 11.0. The number of benzene rings is 3. The fourth-order valence-electron chi connectivity index (χ4n) is 5.80. The normalized spacial score (nSPS) is 14.9. The summed E-state index contributed by atoms with van der Waals surface area (Å²) in [6.07, 6.45) is 5.44. The summed E-state index contributed by atoms with van der Waals surface area (Å²) < 4.78 is 24.3. The Labute approximate surface area is 305 Å². The van der Waals surface area contributed by atoms with E-state index in [4.69, 9.17) is 30.2 Å². The molecule has 1 aliphatic carbocycles. The van der Waals surface area contributed by atoms with Crippen LogP contribution in [0.15, 0.2) is 66.7 Å². The zero-order chi connectivity index (χ0) is 36.7. The van der Waals surface area contributed by atoms with Crippen molar-refractivity contribution in [2.45, 2.75) is 116 Å². The van der Waals surface area contributed by atoms with E-state index in [2.05, 4.69) is 58.1 Å². The van der Waals surface area contributed by atoms with Crippen molar-refractivity contribution in [1.29, 1.82) is 0 Å². The molecule has 272 valence electrons. The summed E-state index contributed by atoms with van der Waals surface area (Å²) in [6, 6.07) is 21.7. The monoisotopic (exact) mass is 721 g/mol. The van der Waals surface area contributed by atoms with Crippen molar-refractivity contribution in [3.63, 3.8) is 0 Å². The van der Waals surface area contributed by atoms with E-state index in [-0.39, 0.29) is 23.3 Å². The average molecular weight is 722 g/mol. The van der Waals surface area contributed by atoms with Crippen molar-refractivity contribution in [2.75, 3.05) is 20.2 Å². The molecule has 0 aromatic heterocycles. The molecule has 0 aliphatic heterocycles. The molecule has 0 N–H and O–H groups in total. The molecule has 0 heterocycles. The van der Waals surface area contributed by atoms with Crippen molar-refractivity contribution < 1.29 is 28.2 Å². The van der Waals surface area contributed by atoms with Gasteiger partial charge in [0.15, 0.2) is 8.32 Å². The van der Waals surface area contributed by atoms with Crippen LogP contribution in [0.2, 0.25) is 23.2 Å². The molecule has 0 bridgehead atoms. The lowest BCUT2D eigenvalue weighted by Gasteiger charge is -2.41. The van der Waals surface area contributed by atoms with Crippen LogP contribution in [0.4, 0.5) is 4.79 Å². The van der Waals surface area contributed by atoms with E-state index in [0.717, 1.165) is 47.9 Å². The van der Waals surface area contributed by atoms with Crippen LogP contribution in [0.1, 0.15) is 101 Å². The Morgan fingerprint density at radius 2 is 1.56 bits per heavy atom. The van der Waals surface area contributed by atoms with E-state index in [1.54, 1.807) is 11.0 Å². The fourth-order valence-corrected chi connectivity index (χ4v) is 7.28. The number of carbonyl (C=O) groups is 2. The molecule has 0 saturated heterocycles. The lowest BCUT2D eigenvalue weighted by molar-refractivity contribution is 0.0158. The van der Waals surface area contributed by atoms with Crippen LogP contribution < -0.4 is 4.74 Å². The van der Waals surface area contributed by atoms with Gasteiger partial charge in [0, 0.05) is 11.6 Å². The summed E-state index contributed by atoms with van der Waals surface area (Å²) in [5, 5.41) is 0.605. The molecule has 3 aromatic rings. The second kappa shape index (κ2) is 16.8. The van der Waals surface area contributed by atoms with Crippen LogP contribution in [-0.4, -0.2) is 57.2 Å². The summed E-state index contributed by atoms with van der Waals surface area (Å²) in [4.78, 5) is 28.0. The average Bonchev–Trinajstić information content (AvgIpc) is 3.05. The highest BCUT2D eigenvalue weighted by Crippen LogP contribution is 2.40. The van der Waals surface area contributed by atoms with Gasteiger partial charge in [-0.3, -0.25) is 0 Å². The van der Waals surface area contributed by atoms with Crippen molar-refractivity contribution in [2.24, 2.45) is 0 Å². The van der Waals surface area contributed by atoms with Gasteiger partial charge in [0.25, 0.3) is 0 Å². The number of hydrogen-bond acceptors (Lipinski definition) is 6. The van der Waals surface area contributed by atoms with Crippen LogP contribution in [0.5, 0.6) is 5.75 Å². The van der Waals surface area contributed by atoms with Gasteiger partial charge in [-0.2, -0.15) is 0 Å². The van der Waals surface area contributed by atoms with Gasteiger partial charge >= 0.3 is 12.1 Å². The third-order valence-electron chi connectivity index (χ3n) is 9.69. The molecule has 1 fully saturated rings. The molecule has 0 radical (unpaired) electrons. The van der Waals surface area contributed by atoms with Crippen LogP contribution in [0.25, 0.3) is 11.1 Å². The Balaban J connectivity index is 1.56. The minimum absolute atomic E-state index is 0.0231. The highest BCUT2D eigenvalue weighted by molar-refractivity contribution is 6.74. The molecule has 1 atom stereocenters. The number of carbonyl (C=O) groups excluding carboxylic acids is 2. The summed E-state index contributed by atoms with van der Waals surface area (Å²) in [7, 11) is -0.837. The third-order valence-corrected chi connectivity index (χ3v) is 14.4. The Morgan fingerprint density at radius 1 is 0.900 bits per heavy atom.